The van der Waals surface area contributed by atoms with E-state index in [1.54, 1.807) is 54.2 Å². The number of carbonyl (C=O) groups is 1. The van der Waals surface area contributed by atoms with E-state index in [1.807, 2.05) is 20.8 Å². The number of carbonyl (C=O) groups excluding carboxylic acids is 1. The molecule has 0 fully saturated rings. The van der Waals surface area contributed by atoms with Gasteiger partial charge >= 0.3 is 6.03 Å². The van der Waals surface area contributed by atoms with Gasteiger partial charge in [0, 0.05) is 50.1 Å². The van der Waals surface area contributed by atoms with Crippen molar-refractivity contribution in [3.8, 4) is 23.0 Å². The molecule has 0 saturated heterocycles. The molecule has 34 heavy (non-hydrogen) atoms. The maximum atomic E-state index is 14.7. The topological polar surface area (TPSA) is 112 Å². The smallest absolute Gasteiger partial charge is 0.324 e. The molecule has 0 atom stereocenters. The van der Waals surface area contributed by atoms with Gasteiger partial charge in [0.1, 0.15) is 17.4 Å². The second-order valence-electron chi connectivity index (χ2n) is 8.73. The van der Waals surface area contributed by atoms with E-state index in [2.05, 4.69) is 30.8 Å². The van der Waals surface area contributed by atoms with E-state index in [9.17, 15) is 9.18 Å². The minimum absolute atomic E-state index is 0.00167. The van der Waals surface area contributed by atoms with Crippen molar-refractivity contribution in [3.05, 3.63) is 60.4 Å². The lowest BCUT2D eigenvalue weighted by atomic mass is 9.92. The summed E-state index contributed by atoms with van der Waals surface area (Å²) in [7, 11) is 3.52. The Kier molecular flexibility index (Phi) is 6.01. The van der Waals surface area contributed by atoms with Crippen molar-refractivity contribution in [2.24, 2.45) is 14.1 Å². The van der Waals surface area contributed by atoms with Crippen molar-refractivity contribution in [3.63, 3.8) is 0 Å². The molecule has 0 unspecified atom stereocenters. The van der Waals surface area contributed by atoms with Crippen molar-refractivity contribution in [2.75, 3.05) is 10.6 Å². The van der Waals surface area contributed by atoms with Crippen molar-refractivity contribution in [1.82, 2.24) is 29.5 Å². The third kappa shape index (κ3) is 5.20. The van der Waals surface area contributed by atoms with Crippen LogP contribution in [-0.4, -0.2) is 35.6 Å². The highest BCUT2D eigenvalue weighted by molar-refractivity contribution is 5.99. The monoisotopic (exact) mass is 464 g/mol. The highest BCUT2D eigenvalue weighted by Gasteiger charge is 2.20. The van der Waals surface area contributed by atoms with Crippen LogP contribution in [0.25, 0.3) is 11.4 Å². The fourth-order valence-electron chi connectivity index (χ4n) is 3.08. The van der Waals surface area contributed by atoms with E-state index in [-0.39, 0.29) is 22.7 Å². The zero-order chi connectivity index (χ0) is 24.5. The number of urea groups is 1. The molecule has 2 N–H and O–H groups in total. The van der Waals surface area contributed by atoms with Crippen molar-refractivity contribution in [1.29, 1.82) is 0 Å². The zero-order valence-electron chi connectivity index (χ0n) is 19.5. The maximum absolute atomic E-state index is 14.7. The van der Waals surface area contributed by atoms with Gasteiger partial charge in [0.05, 0.1) is 23.1 Å². The minimum atomic E-state index is -0.658. The van der Waals surface area contributed by atoms with Gasteiger partial charge in [-0.15, -0.1) is 0 Å². The third-order valence-corrected chi connectivity index (χ3v) is 4.89. The van der Waals surface area contributed by atoms with Gasteiger partial charge in [-0.1, -0.05) is 20.8 Å². The molecule has 0 aliphatic heterocycles. The average molecular weight is 465 g/mol. The molecule has 0 spiro atoms. The van der Waals surface area contributed by atoms with Crippen LogP contribution in [-0.2, 0) is 19.5 Å². The predicted octanol–water partition coefficient (Wildman–Crippen LogP) is 4.48. The molecule has 3 heterocycles. The van der Waals surface area contributed by atoms with Crippen LogP contribution < -0.4 is 15.4 Å². The van der Waals surface area contributed by atoms with E-state index in [4.69, 9.17) is 4.74 Å². The first-order valence-corrected chi connectivity index (χ1v) is 10.5. The molecule has 10 nitrogen and oxygen atoms in total. The summed E-state index contributed by atoms with van der Waals surface area (Å²) in [5.41, 5.74) is 1.39. The molecule has 0 aliphatic rings. The molecule has 0 bridgehead atoms. The molecule has 2 amide bonds. The standard InChI is InChI=1S/C23H25FN8O2/c1-23(2,3)18-11-19(32(5)30-18)28-22(33)27-17-7-6-15(10-16(17)24)34-20-8-9-25-21(29-20)14-12-26-31(4)13-14/h6-13H,1-5H3,(H2,27,28,33). The molecule has 176 valence electrons. The van der Waals surface area contributed by atoms with Gasteiger partial charge in [-0.05, 0) is 12.1 Å². The van der Waals surface area contributed by atoms with Gasteiger partial charge in [-0.2, -0.15) is 15.2 Å². The van der Waals surface area contributed by atoms with Crippen LogP contribution in [0.3, 0.4) is 0 Å². The molecule has 0 aliphatic carbocycles. The average Bonchev–Trinajstić information content (AvgIpc) is 3.36. The Morgan fingerprint density at radius 2 is 1.91 bits per heavy atom. The number of ether oxygens (including phenoxy) is 1. The highest BCUT2D eigenvalue weighted by atomic mass is 19.1. The van der Waals surface area contributed by atoms with Crippen LogP contribution in [0, 0.1) is 5.82 Å². The van der Waals surface area contributed by atoms with Gasteiger partial charge in [-0.3, -0.25) is 14.7 Å². The Balaban J connectivity index is 1.43. The molecule has 0 radical (unpaired) electrons. The summed E-state index contributed by atoms with van der Waals surface area (Å²) in [6.45, 7) is 6.08. The van der Waals surface area contributed by atoms with Crippen molar-refractivity contribution < 1.29 is 13.9 Å². The van der Waals surface area contributed by atoms with Gasteiger partial charge < -0.3 is 10.1 Å². The normalized spacial score (nSPS) is 11.4. The summed E-state index contributed by atoms with van der Waals surface area (Å²) in [5.74, 6) is 0.745. The lowest BCUT2D eigenvalue weighted by Gasteiger charge is -2.13. The summed E-state index contributed by atoms with van der Waals surface area (Å²) >= 11 is 0. The largest absolute Gasteiger partial charge is 0.439 e. The van der Waals surface area contributed by atoms with Crippen molar-refractivity contribution in [2.45, 2.75) is 26.2 Å². The van der Waals surface area contributed by atoms with E-state index >= 15 is 0 Å². The number of rotatable bonds is 5. The number of hydrogen-bond acceptors (Lipinski definition) is 6. The van der Waals surface area contributed by atoms with Crippen LogP contribution in [0.1, 0.15) is 26.5 Å². The summed E-state index contributed by atoms with van der Waals surface area (Å²) in [5, 5.41) is 13.7. The number of hydrogen-bond donors (Lipinski definition) is 2. The van der Waals surface area contributed by atoms with Crippen LogP contribution in [0.4, 0.5) is 20.7 Å². The molecule has 4 rings (SSSR count). The number of halogens is 1. The maximum Gasteiger partial charge on any atom is 0.324 e. The van der Waals surface area contributed by atoms with Gasteiger partial charge in [-0.25, -0.2) is 14.2 Å². The Bertz CT molecular complexity index is 1340. The summed E-state index contributed by atoms with van der Waals surface area (Å²) < 4.78 is 23.5. The molecule has 4 aromatic rings. The predicted molar refractivity (Wildman–Crippen MR) is 125 cm³/mol. The number of nitrogens with zero attached hydrogens (tertiary/aromatic N) is 6. The fraction of sp³-hybridized carbons (Fsp3) is 0.261. The lowest BCUT2D eigenvalue weighted by Crippen LogP contribution is -2.21. The van der Waals surface area contributed by atoms with E-state index in [0.29, 0.717) is 11.6 Å². The van der Waals surface area contributed by atoms with Gasteiger partial charge in [0.15, 0.2) is 5.82 Å². The van der Waals surface area contributed by atoms with E-state index < -0.39 is 11.8 Å². The van der Waals surface area contributed by atoms with Crippen LogP contribution in [0.5, 0.6) is 11.6 Å². The molecule has 1 aromatic carbocycles. The quantitative estimate of drug-likeness (QED) is 0.450. The summed E-state index contributed by atoms with van der Waals surface area (Å²) in [6, 6.07) is 6.88. The summed E-state index contributed by atoms with van der Waals surface area (Å²) in [4.78, 5) is 20.9. The highest BCUT2D eigenvalue weighted by Crippen LogP contribution is 2.27. The van der Waals surface area contributed by atoms with Crippen LogP contribution >= 0.6 is 0 Å². The number of aromatic nitrogens is 6. The first kappa shape index (κ1) is 22.9. The zero-order valence-corrected chi connectivity index (χ0v) is 19.5. The summed E-state index contributed by atoms with van der Waals surface area (Å²) in [6.07, 6.45) is 4.96. The molecule has 3 aromatic heterocycles. The number of nitrogens with one attached hydrogen (secondary N) is 2. The first-order chi connectivity index (χ1) is 16.1. The first-order valence-electron chi connectivity index (χ1n) is 10.5. The Morgan fingerprint density at radius 3 is 2.56 bits per heavy atom. The van der Waals surface area contributed by atoms with Gasteiger partial charge in [0.25, 0.3) is 0 Å². The number of anilines is 2. The van der Waals surface area contributed by atoms with E-state index in [1.165, 1.54) is 18.2 Å². The minimum Gasteiger partial charge on any atom is -0.439 e. The Morgan fingerprint density at radius 1 is 1.12 bits per heavy atom. The Hall–Kier alpha value is -4.28. The second-order valence-corrected chi connectivity index (χ2v) is 8.73. The molecule has 0 saturated carbocycles. The van der Waals surface area contributed by atoms with Crippen LogP contribution in [0.2, 0.25) is 0 Å². The molecular weight excluding hydrogens is 439 g/mol. The SMILES string of the molecule is Cn1cc(-c2nccc(Oc3ccc(NC(=O)Nc4cc(C(C)(C)C)nn4C)c(F)c3)n2)cn1. The van der Waals surface area contributed by atoms with Crippen LogP contribution in [0.15, 0.2) is 48.9 Å². The third-order valence-electron chi connectivity index (χ3n) is 4.89. The fourth-order valence-corrected chi connectivity index (χ4v) is 3.08. The van der Waals surface area contributed by atoms with Crippen molar-refractivity contribution >= 4 is 17.5 Å². The molecule has 11 heteroatoms. The lowest BCUT2D eigenvalue weighted by molar-refractivity contribution is 0.262. The van der Waals surface area contributed by atoms with Gasteiger partial charge in [0.2, 0.25) is 5.88 Å². The number of aryl methyl sites for hydroxylation is 2. The second kappa shape index (κ2) is 8.93. The van der Waals surface area contributed by atoms with E-state index in [0.717, 1.165) is 11.3 Å². The molecular formula is C23H25FN8O2. The Labute approximate surface area is 195 Å². The number of benzene rings is 1. The number of amides is 2.